The summed E-state index contributed by atoms with van der Waals surface area (Å²) in [5.41, 5.74) is 2.34. The molecule has 0 radical (unpaired) electrons. The second kappa shape index (κ2) is 8.85. The zero-order valence-corrected chi connectivity index (χ0v) is 15.3. The zero-order chi connectivity index (χ0) is 19.1. The largest absolute Gasteiger partial charge is 0.376 e. The van der Waals surface area contributed by atoms with Gasteiger partial charge >= 0.3 is 0 Å². The van der Waals surface area contributed by atoms with Crippen molar-refractivity contribution in [1.82, 2.24) is 0 Å². The number of carbonyl (C=O) groups is 2. The Bertz CT molecular complexity index is 936. The third kappa shape index (κ3) is 5.31. The number of hydrogen-bond donors (Lipinski definition) is 3. The predicted molar refractivity (Wildman–Crippen MR) is 111 cm³/mol. The summed E-state index contributed by atoms with van der Waals surface area (Å²) in [7, 11) is 0. The van der Waals surface area contributed by atoms with Crippen LogP contribution in [0.1, 0.15) is 19.8 Å². The number of amides is 2. The van der Waals surface area contributed by atoms with Gasteiger partial charge in [-0.05, 0) is 53.6 Å². The Balaban J connectivity index is 1.51. The van der Waals surface area contributed by atoms with Crippen molar-refractivity contribution in [2.75, 3.05) is 22.5 Å². The summed E-state index contributed by atoms with van der Waals surface area (Å²) in [6.45, 7) is 2.13. The molecule has 3 N–H and O–H groups in total. The molecule has 3 aromatic carbocycles. The number of nitrogens with one attached hydrogen (secondary N) is 3. The monoisotopic (exact) mass is 361 g/mol. The summed E-state index contributed by atoms with van der Waals surface area (Å²) in [6.07, 6.45) is 1.33. The Labute approximate surface area is 158 Å². The van der Waals surface area contributed by atoms with Gasteiger partial charge in [0, 0.05) is 23.5 Å². The maximum absolute atomic E-state index is 12.2. The van der Waals surface area contributed by atoms with Crippen molar-refractivity contribution >= 4 is 39.6 Å². The number of rotatable bonds is 7. The minimum Gasteiger partial charge on any atom is -0.376 e. The molecule has 0 aliphatic heterocycles. The van der Waals surface area contributed by atoms with Gasteiger partial charge in [0.25, 0.3) is 0 Å². The molecular weight excluding hydrogens is 338 g/mol. The van der Waals surface area contributed by atoms with Crippen molar-refractivity contribution in [3.8, 4) is 0 Å². The van der Waals surface area contributed by atoms with Gasteiger partial charge < -0.3 is 16.0 Å². The van der Waals surface area contributed by atoms with Crippen molar-refractivity contribution in [1.29, 1.82) is 0 Å². The summed E-state index contributed by atoms with van der Waals surface area (Å²) in [6, 6.07) is 21.2. The lowest BCUT2D eigenvalue weighted by Crippen LogP contribution is -2.21. The molecule has 0 aromatic heterocycles. The van der Waals surface area contributed by atoms with Crippen molar-refractivity contribution in [2.24, 2.45) is 0 Å². The van der Waals surface area contributed by atoms with Gasteiger partial charge in [0.2, 0.25) is 11.8 Å². The van der Waals surface area contributed by atoms with Crippen LogP contribution in [0.15, 0.2) is 66.7 Å². The van der Waals surface area contributed by atoms with Gasteiger partial charge in [-0.1, -0.05) is 37.3 Å². The third-order valence-corrected chi connectivity index (χ3v) is 4.13. The minimum atomic E-state index is -0.120. The van der Waals surface area contributed by atoms with E-state index in [1.165, 1.54) is 0 Å². The highest BCUT2D eigenvalue weighted by molar-refractivity contribution is 5.96. The molecule has 0 saturated carbocycles. The van der Waals surface area contributed by atoms with Crippen LogP contribution in [0.25, 0.3) is 10.8 Å². The fourth-order valence-corrected chi connectivity index (χ4v) is 2.78. The number of benzene rings is 3. The summed E-state index contributed by atoms with van der Waals surface area (Å²) >= 11 is 0. The first kappa shape index (κ1) is 18.5. The minimum absolute atomic E-state index is 0.00738. The van der Waals surface area contributed by atoms with E-state index in [9.17, 15) is 9.59 Å². The Morgan fingerprint density at radius 1 is 0.741 bits per heavy atom. The summed E-state index contributed by atoms with van der Waals surface area (Å²) in [5.74, 6) is -0.112. The molecule has 0 aliphatic rings. The first-order valence-electron chi connectivity index (χ1n) is 9.06. The van der Waals surface area contributed by atoms with Gasteiger partial charge in [0.15, 0.2) is 0 Å². The standard InChI is InChI=1S/C22H23N3O2/c1-2-5-21(26)24-19-12-10-18(11-13-19)23-15-22(27)25-20-9-8-16-6-3-4-7-17(16)14-20/h3-4,6-14,23H,2,5,15H2,1H3,(H,24,26)(H,25,27). The highest BCUT2D eigenvalue weighted by Gasteiger charge is 2.04. The van der Waals surface area contributed by atoms with E-state index >= 15 is 0 Å². The van der Waals surface area contributed by atoms with Crippen LogP contribution in [-0.2, 0) is 9.59 Å². The van der Waals surface area contributed by atoms with Crippen LogP contribution in [0.2, 0.25) is 0 Å². The Hall–Kier alpha value is -3.34. The van der Waals surface area contributed by atoms with Crippen LogP contribution in [0.4, 0.5) is 17.1 Å². The molecule has 0 saturated heterocycles. The molecule has 3 aromatic rings. The highest BCUT2D eigenvalue weighted by atomic mass is 16.2. The molecule has 0 heterocycles. The normalized spacial score (nSPS) is 10.4. The van der Waals surface area contributed by atoms with E-state index in [2.05, 4.69) is 16.0 Å². The molecule has 0 bridgehead atoms. The van der Waals surface area contributed by atoms with E-state index in [0.717, 1.165) is 34.3 Å². The van der Waals surface area contributed by atoms with E-state index in [1.807, 2.05) is 73.7 Å². The zero-order valence-electron chi connectivity index (χ0n) is 15.3. The van der Waals surface area contributed by atoms with E-state index in [1.54, 1.807) is 0 Å². The third-order valence-electron chi connectivity index (χ3n) is 4.13. The molecule has 3 rings (SSSR count). The van der Waals surface area contributed by atoms with Gasteiger partial charge in [0.1, 0.15) is 0 Å². The van der Waals surface area contributed by atoms with Crippen molar-refractivity contribution in [3.63, 3.8) is 0 Å². The Morgan fingerprint density at radius 3 is 2.11 bits per heavy atom. The molecule has 0 fully saturated rings. The van der Waals surface area contributed by atoms with Crippen molar-refractivity contribution < 1.29 is 9.59 Å². The van der Waals surface area contributed by atoms with Crippen LogP contribution >= 0.6 is 0 Å². The summed E-state index contributed by atoms with van der Waals surface area (Å²) in [5, 5.41) is 11.0. The maximum Gasteiger partial charge on any atom is 0.243 e. The lowest BCUT2D eigenvalue weighted by molar-refractivity contribution is -0.116. The van der Waals surface area contributed by atoms with Gasteiger partial charge in [-0.15, -0.1) is 0 Å². The molecular formula is C22H23N3O2. The smallest absolute Gasteiger partial charge is 0.243 e. The summed E-state index contributed by atoms with van der Waals surface area (Å²) in [4.78, 5) is 23.8. The second-order valence-corrected chi connectivity index (χ2v) is 6.34. The van der Waals surface area contributed by atoms with E-state index in [0.29, 0.717) is 6.42 Å². The number of hydrogen-bond acceptors (Lipinski definition) is 3. The fraction of sp³-hybridized carbons (Fsp3) is 0.182. The first-order valence-corrected chi connectivity index (χ1v) is 9.06. The molecule has 5 nitrogen and oxygen atoms in total. The topological polar surface area (TPSA) is 70.2 Å². The molecule has 0 aliphatic carbocycles. The molecule has 5 heteroatoms. The van der Waals surface area contributed by atoms with Crippen LogP contribution < -0.4 is 16.0 Å². The average molecular weight is 361 g/mol. The number of fused-ring (bicyclic) bond motifs is 1. The second-order valence-electron chi connectivity index (χ2n) is 6.34. The Morgan fingerprint density at radius 2 is 1.37 bits per heavy atom. The van der Waals surface area contributed by atoms with E-state index < -0.39 is 0 Å². The Kier molecular flexibility index (Phi) is 6.05. The average Bonchev–Trinajstić information content (AvgIpc) is 2.67. The van der Waals surface area contributed by atoms with Crippen LogP contribution in [0.5, 0.6) is 0 Å². The van der Waals surface area contributed by atoms with Gasteiger partial charge in [0.05, 0.1) is 6.54 Å². The maximum atomic E-state index is 12.2. The molecule has 138 valence electrons. The first-order chi connectivity index (χ1) is 13.1. The number of anilines is 3. The highest BCUT2D eigenvalue weighted by Crippen LogP contribution is 2.19. The lowest BCUT2D eigenvalue weighted by atomic mass is 10.1. The molecule has 27 heavy (non-hydrogen) atoms. The van der Waals surface area contributed by atoms with E-state index in [4.69, 9.17) is 0 Å². The fourth-order valence-electron chi connectivity index (χ4n) is 2.78. The molecule has 0 atom stereocenters. The van der Waals surface area contributed by atoms with Gasteiger partial charge in [-0.2, -0.15) is 0 Å². The quantitative estimate of drug-likeness (QED) is 0.575. The van der Waals surface area contributed by atoms with Gasteiger partial charge in [-0.25, -0.2) is 0 Å². The van der Waals surface area contributed by atoms with Crippen LogP contribution in [0.3, 0.4) is 0 Å². The van der Waals surface area contributed by atoms with Crippen LogP contribution in [0, 0.1) is 0 Å². The summed E-state index contributed by atoms with van der Waals surface area (Å²) < 4.78 is 0. The van der Waals surface area contributed by atoms with Gasteiger partial charge in [-0.3, -0.25) is 9.59 Å². The lowest BCUT2D eigenvalue weighted by Gasteiger charge is -2.10. The van der Waals surface area contributed by atoms with Crippen molar-refractivity contribution in [3.05, 3.63) is 66.7 Å². The van der Waals surface area contributed by atoms with E-state index in [-0.39, 0.29) is 18.4 Å². The molecule has 2 amide bonds. The number of carbonyl (C=O) groups excluding carboxylic acids is 2. The van der Waals surface area contributed by atoms with Crippen LogP contribution in [-0.4, -0.2) is 18.4 Å². The van der Waals surface area contributed by atoms with Crippen molar-refractivity contribution in [2.45, 2.75) is 19.8 Å². The molecule has 0 unspecified atom stereocenters. The molecule has 0 spiro atoms. The SMILES string of the molecule is CCCC(=O)Nc1ccc(NCC(=O)Nc2ccc3ccccc3c2)cc1. The predicted octanol–water partition coefficient (Wildman–Crippen LogP) is 4.63.